The number of nitrogens with zero attached hydrogens (tertiary/aromatic N) is 2. The number of hydrogen-bond donors (Lipinski definition) is 1. The number of hydrogen-bond acceptors (Lipinski definition) is 4. The first kappa shape index (κ1) is 19.5. The van der Waals surface area contributed by atoms with Crippen LogP contribution in [0.4, 0.5) is 11.4 Å². The monoisotopic (exact) mass is 403 g/mol. The summed E-state index contributed by atoms with van der Waals surface area (Å²) in [4.78, 5) is 20.0. The second-order valence-electron chi connectivity index (χ2n) is 8.08. The number of aryl methyl sites for hydroxylation is 1. The van der Waals surface area contributed by atoms with E-state index in [1.54, 1.807) is 0 Å². The molecule has 0 atom stereocenters. The van der Waals surface area contributed by atoms with Crippen LogP contribution in [0.5, 0.6) is 0 Å². The number of thioether (sulfide) groups is 1. The van der Waals surface area contributed by atoms with E-state index in [2.05, 4.69) is 68.2 Å². The lowest BCUT2D eigenvalue weighted by atomic mass is 9.87. The molecule has 1 N–H and O–H groups in total. The van der Waals surface area contributed by atoms with E-state index in [0.29, 0.717) is 10.1 Å². The second kappa shape index (κ2) is 7.23. The van der Waals surface area contributed by atoms with Crippen molar-refractivity contribution in [3.63, 3.8) is 0 Å². The number of anilines is 1. The summed E-state index contributed by atoms with van der Waals surface area (Å²) >= 11 is 1.38. The Labute approximate surface area is 176 Å². The summed E-state index contributed by atoms with van der Waals surface area (Å²) in [6, 6.07) is 14.1. The molecular formula is C24H25N3OS. The van der Waals surface area contributed by atoms with Gasteiger partial charge in [0.25, 0.3) is 5.91 Å². The first-order valence-electron chi connectivity index (χ1n) is 9.67. The molecule has 0 bridgehead atoms. The Bertz CT molecular complexity index is 1080. The number of allylic oxidation sites excluding steroid dienone is 1. The molecule has 0 spiro atoms. The Kier molecular flexibility index (Phi) is 4.87. The topological polar surface area (TPSA) is 44.7 Å². The van der Waals surface area contributed by atoms with Gasteiger partial charge in [-0.15, -0.1) is 0 Å². The normalized spacial score (nSPS) is 20.7. The highest BCUT2D eigenvalue weighted by atomic mass is 32.2. The number of likely N-dealkylation sites (N-methyl/N-ethyl adjacent to an activating group) is 1. The third kappa shape index (κ3) is 3.75. The summed E-state index contributed by atoms with van der Waals surface area (Å²) < 4.78 is 0. The molecule has 4 nitrogen and oxygen atoms in total. The van der Waals surface area contributed by atoms with Crippen molar-refractivity contribution in [2.45, 2.75) is 33.2 Å². The third-order valence-electron chi connectivity index (χ3n) is 5.53. The molecule has 2 heterocycles. The zero-order chi connectivity index (χ0) is 20.8. The minimum Gasteiger partial charge on any atom is -0.365 e. The number of fused-ring (bicyclic) bond motifs is 1. The van der Waals surface area contributed by atoms with Gasteiger partial charge in [0.15, 0.2) is 5.17 Å². The molecule has 2 aromatic carbocycles. The third-order valence-corrected chi connectivity index (χ3v) is 6.44. The van der Waals surface area contributed by atoms with Crippen LogP contribution in [0.3, 0.4) is 0 Å². The van der Waals surface area contributed by atoms with Crippen molar-refractivity contribution in [3.05, 3.63) is 70.1 Å². The van der Waals surface area contributed by atoms with Crippen molar-refractivity contribution < 1.29 is 4.79 Å². The Hall–Kier alpha value is -2.79. The Balaban J connectivity index is 1.68. The largest absolute Gasteiger partial charge is 0.365 e. The Morgan fingerprint density at radius 1 is 1.14 bits per heavy atom. The first-order chi connectivity index (χ1) is 13.7. The summed E-state index contributed by atoms with van der Waals surface area (Å²) in [6.07, 6.45) is 4.26. The summed E-state index contributed by atoms with van der Waals surface area (Å²) in [5.74, 6) is -0.104. The van der Waals surface area contributed by atoms with Gasteiger partial charge in [-0.2, -0.15) is 0 Å². The summed E-state index contributed by atoms with van der Waals surface area (Å²) in [5.41, 5.74) is 6.72. The minimum absolute atomic E-state index is 0.0203. The maximum Gasteiger partial charge on any atom is 0.264 e. The van der Waals surface area contributed by atoms with Crippen LogP contribution in [-0.2, 0) is 4.79 Å². The van der Waals surface area contributed by atoms with Crippen molar-refractivity contribution in [1.29, 1.82) is 0 Å². The van der Waals surface area contributed by atoms with E-state index >= 15 is 0 Å². The molecule has 5 heteroatoms. The molecule has 2 aromatic rings. The van der Waals surface area contributed by atoms with E-state index in [-0.39, 0.29) is 11.4 Å². The zero-order valence-electron chi connectivity index (χ0n) is 17.4. The van der Waals surface area contributed by atoms with Gasteiger partial charge in [-0.1, -0.05) is 24.3 Å². The van der Waals surface area contributed by atoms with Crippen LogP contribution < -0.4 is 10.2 Å². The van der Waals surface area contributed by atoms with Crippen molar-refractivity contribution in [2.24, 2.45) is 4.99 Å². The van der Waals surface area contributed by atoms with Gasteiger partial charge in [0.1, 0.15) is 0 Å². The summed E-state index contributed by atoms with van der Waals surface area (Å²) in [5, 5.41) is 3.48. The van der Waals surface area contributed by atoms with Crippen molar-refractivity contribution in [2.75, 3.05) is 11.9 Å². The van der Waals surface area contributed by atoms with Crippen LogP contribution in [-0.4, -0.2) is 23.7 Å². The summed E-state index contributed by atoms with van der Waals surface area (Å²) in [6.45, 7) is 8.69. The fourth-order valence-corrected chi connectivity index (χ4v) is 4.55. The van der Waals surface area contributed by atoms with Crippen molar-refractivity contribution in [3.8, 4) is 0 Å². The molecule has 148 valence electrons. The number of carbonyl (C=O) groups excluding carboxylic acids is 1. The van der Waals surface area contributed by atoms with Gasteiger partial charge in [0, 0.05) is 18.3 Å². The van der Waals surface area contributed by atoms with Crippen LogP contribution in [0.15, 0.2) is 58.4 Å². The van der Waals surface area contributed by atoms with Gasteiger partial charge in [-0.05, 0) is 86.5 Å². The van der Waals surface area contributed by atoms with Crippen LogP contribution >= 0.6 is 11.8 Å². The van der Waals surface area contributed by atoms with Gasteiger partial charge in [-0.25, -0.2) is 4.99 Å². The molecule has 1 fully saturated rings. The molecule has 0 radical (unpaired) electrons. The average molecular weight is 404 g/mol. The highest BCUT2D eigenvalue weighted by molar-refractivity contribution is 8.18. The van der Waals surface area contributed by atoms with Crippen LogP contribution in [0.2, 0.25) is 0 Å². The number of aliphatic imine (C=N–C) groups is 1. The van der Waals surface area contributed by atoms with E-state index in [0.717, 1.165) is 16.8 Å². The molecule has 0 saturated carbocycles. The van der Waals surface area contributed by atoms with Gasteiger partial charge in [-0.3, -0.25) is 4.79 Å². The summed E-state index contributed by atoms with van der Waals surface area (Å²) in [7, 11) is 2.13. The second-order valence-corrected chi connectivity index (χ2v) is 9.11. The maximum absolute atomic E-state index is 12.5. The standard InChI is InChI=1S/C24H25N3OS/c1-15-11-20-19(16(2)14-24(3,4)27(20)5)12-17(15)13-21-22(28)26-23(29-21)25-18-9-7-6-8-10-18/h6-14H,1-5H3,(H,25,26,28)/b21-13+. The van der Waals surface area contributed by atoms with Gasteiger partial charge in [0.05, 0.1) is 16.1 Å². The van der Waals surface area contributed by atoms with E-state index in [4.69, 9.17) is 0 Å². The van der Waals surface area contributed by atoms with E-state index in [1.807, 2.05) is 36.4 Å². The molecular weight excluding hydrogens is 378 g/mol. The number of carbonyl (C=O) groups is 1. The molecule has 0 aliphatic carbocycles. The number of amides is 1. The molecule has 29 heavy (non-hydrogen) atoms. The molecule has 4 rings (SSSR count). The quantitative estimate of drug-likeness (QED) is 0.672. The molecule has 2 aliphatic heterocycles. The van der Waals surface area contributed by atoms with E-state index in [1.165, 1.54) is 28.6 Å². The van der Waals surface area contributed by atoms with E-state index < -0.39 is 0 Å². The number of benzene rings is 2. The maximum atomic E-state index is 12.5. The first-order valence-corrected chi connectivity index (χ1v) is 10.5. The molecule has 0 unspecified atom stereocenters. The predicted molar refractivity (Wildman–Crippen MR) is 125 cm³/mol. The lowest BCUT2D eigenvalue weighted by Crippen LogP contribution is -2.42. The van der Waals surface area contributed by atoms with Crippen molar-refractivity contribution in [1.82, 2.24) is 5.32 Å². The zero-order valence-corrected chi connectivity index (χ0v) is 18.2. The fourth-order valence-electron chi connectivity index (χ4n) is 3.71. The predicted octanol–water partition coefficient (Wildman–Crippen LogP) is 5.52. The van der Waals surface area contributed by atoms with Crippen LogP contribution in [0.25, 0.3) is 11.6 Å². The molecule has 2 aliphatic rings. The number of nitrogens with one attached hydrogen (secondary N) is 1. The molecule has 1 saturated heterocycles. The fraction of sp³-hybridized carbons (Fsp3) is 0.250. The lowest BCUT2D eigenvalue weighted by molar-refractivity contribution is -0.115. The highest BCUT2D eigenvalue weighted by Gasteiger charge is 2.29. The van der Waals surface area contributed by atoms with Gasteiger partial charge in [0.2, 0.25) is 0 Å². The number of rotatable bonds is 2. The number of para-hydroxylation sites is 1. The number of amidine groups is 1. The smallest absolute Gasteiger partial charge is 0.264 e. The average Bonchev–Trinajstić information content (AvgIpc) is 3.00. The van der Waals surface area contributed by atoms with Crippen LogP contribution in [0.1, 0.15) is 37.5 Å². The van der Waals surface area contributed by atoms with Gasteiger partial charge < -0.3 is 10.2 Å². The Morgan fingerprint density at radius 2 is 1.86 bits per heavy atom. The van der Waals surface area contributed by atoms with Crippen molar-refractivity contribution >= 4 is 45.9 Å². The SMILES string of the molecule is CC1=CC(C)(C)N(C)c2cc(C)c(/C=C3/SC(=Nc4ccccc4)NC3=O)cc21. The highest BCUT2D eigenvalue weighted by Crippen LogP contribution is 2.40. The molecule has 0 aromatic heterocycles. The minimum atomic E-state index is -0.104. The molecule has 1 amide bonds. The van der Waals surface area contributed by atoms with Crippen LogP contribution in [0, 0.1) is 6.92 Å². The lowest BCUT2D eigenvalue weighted by Gasteiger charge is -2.41. The van der Waals surface area contributed by atoms with E-state index in [9.17, 15) is 4.79 Å². The Morgan fingerprint density at radius 3 is 2.59 bits per heavy atom. The van der Waals surface area contributed by atoms with Gasteiger partial charge >= 0.3 is 0 Å².